The number of hydrogen-bond acceptors (Lipinski definition) is 6. The lowest BCUT2D eigenvalue weighted by Gasteiger charge is -2.14. The first-order valence-corrected chi connectivity index (χ1v) is 11.9. The van der Waals surface area contributed by atoms with E-state index in [1.807, 2.05) is 65.9 Å². The summed E-state index contributed by atoms with van der Waals surface area (Å²) in [6.45, 7) is 3.76. The number of carbonyl (C=O) groups excluding carboxylic acids is 1. The molecule has 5 aromatic rings. The maximum absolute atomic E-state index is 13.5. The smallest absolute Gasteiger partial charge is 0.267 e. The Labute approximate surface area is 205 Å². The molecule has 1 amide bonds. The number of para-hydroxylation sites is 2. The van der Waals surface area contributed by atoms with Crippen LogP contribution in [-0.4, -0.2) is 37.4 Å². The van der Waals surface area contributed by atoms with Crippen LogP contribution in [0.5, 0.6) is 5.75 Å². The topological polar surface area (TPSA) is 90.5 Å². The van der Waals surface area contributed by atoms with Gasteiger partial charge in [-0.25, -0.2) is 4.57 Å². The number of anilines is 1. The molecule has 0 aliphatic heterocycles. The Kier molecular flexibility index (Phi) is 6.00. The highest BCUT2D eigenvalue weighted by Crippen LogP contribution is 2.27. The zero-order valence-electron chi connectivity index (χ0n) is 19.4. The zero-order chi connectivity index (χ0) is 24.5. The van der Waals surface area contributed by atoms with E-state index in [1.54, 1.807) is 36.8 Å². The van der Waals surface area contributed by atoms with Gasteiger partial charge in [-0.3, -0.25) is 14.0 Å². The van der Waals surface area contributed by atoms with E-state index in [2.05, 4.69) is 15.5 Å². The quantitative estimate of drug-likeness (QED) is 0.357. The van der Waals surface area contributed by atoms with Gasteiger partial charge in [0.15, 0.2) is 5.16 Å². The molecule has 1 atom stereocenters. The predicted octanol–water partition coefficient (Wildman–Crippen LogP) is 4.47. The van der Waals surface area contributed by atoms with Crippen LogP contribution in [0.2, 0.25) is 0 Å². The van der Waals surface area contributed by atoms with Gasteiger partial charge in [-0.1, -0.05) is 48.2 Å². The highest BCUT2D eigenvalue weighted by molar-refractivity contribution is 8.00. The fraction of sp³-hybridized carbons (Fsp3) is 0.154. The first-order valence-electron chi connectivity index (χ1n) is 11.0. The fourth-order valence-corrected chi connectivity index (χ4v) is 4.80. The minimum atomic E-state index is -0.480. The largest absolute Gasteiger partial charge is 0.497 e. The Bertz CT molecular complexity index is 1630. The second kappa shape index (κ2) is 9.27. The third-order valence-electron chi connectivity index (χ3n) is 5.74. The highest BCUT2D eigenvalue weighted by Gasteiger charge is 2.22. The maximum atomic E-state index is 13.5. The molecule has 0 bridgehead atoms. The van der Waals surface area contributed by atoms with E-state index < -0.39 is 5.25 Å². The van der Waals surface area contributed by atoms with Gasteiger partial charge in [0.25, 0.3) is 5.56 Å². The molecule has 35 heavy (non-hydrogen) atoms. The number of carbonyl (C=O) groups is 1. The van der Waals surface area contributed by atoms with Crippen molar-refractivity contribution in [1.29, 1.82) is 0 Å². The molecule has 2 heterocycles. The van der Waals surface area contributed by atoms with Crippen molar-refractivity contribution in [3.05, 3.63) is 88.7 Å². The van der Waals surface area contributed by atoms with E-state index in [0.717, 1.165) is 11.3 Å². The van der Waals surface area contributed by atoms with Gasteiger partial charge in [-0.15, -0.1) is 10.2 Å². The molecule has 8 nitrogen and oxygen atoms in total. The number of aromatic nitrogens is 4. The second-order valence-electron chi connectivity index (χ2n) is 8.04. The molecule has 0 aliphatic carbocycles. The van der Waals surface area contributed by atoms with Crippen LogP contribution in [-0.2, 0) is 4.79 Å². The van der Waals surface area contributed by atoms with E-state index in [4.69, 9.17) is 4.74 Å². The number of benzene rings is 3. The van der Waals surface area contributed by atoms with Crippen LogP contribution in [0.25, 0.3) is 22.4 Å². The Balaban J connectivity index is 1.57. The Hall–Kier alpha value is -4.11. The average Bonchev–Trinajstić information content (AvgIpc) is 3.28. The van der Waals surface area contributed by atoms with E-state index in [9.17, 15) is 9.59 Å². The molecule has 5 rings (SSSR count). The number of hydrogen-bond donors (Lipinski definition) is 1. The van der Waals surface area contributed by atoms with Crippen molar-refractivity contribution in [3.8, 4) is 11.4 Å². The molecular weight excluding hydrogens is 462 g/mol. The number of amides is 1. The SMILES string of the molecule is COc1cccc(NC(=O)C(C)Sc2nnc3n(-c4ccccc4C)c(=O)c4ccccc4n23)c1. The van der Waals surface area contributed by atoms with Crippen LogP contribution in [0.4, 0.5) is 5.69 Å². The minimum Gasteiger partial charge on any atom is -0.497 e. The summed E-state index contributed by atoms with van der Waals surface area (Å²) >= 11 is 1.28. The molecule has 3 aromatic carbocycles. The van der Waals surface area contributed by atoms with Gasteiger partial charge in [0.05, 0.1) is 29.0 Å². The predicted molar refractivity (Wildman–Crippen MR) is 138 cm³/mol. The van der Waals surface area contributed by atoms with Gasteiger partial charge in [0, 0.05) is 11.8 Å². The van der Waals surface area contributed by atoms with Gasteiger partial charge in [0.2, 0.25) is 11.7 Å². The first-order chi connectivity index (χ1) is 17.0. The molecule has 1 unspecified atom stereocenters. The summed E-state index contributed by atoms with van der Waals surface area (Å²) in [7, 11) is 1.58. The molecule has 0 radical (unpaired) electrons. The Morgan fingerprint density at radius 2 is 1.80 bits per heavy atom. The summed E-state index contributed by atoms with van der Waals surface area (Å²) in [5.74, 6) is 0.870. The lowest BCUT2D eigenvalue weighted by molar-refractivity contribution is -0.115. The molecule has 9 heteroatoms. The summed E-state index contributed by atoms with van der Waals surface area (Å²) in [5.41, 5.74) is 2.84. The number of nitrogens with one attached hydrogen (secondary N) is 1. The number of nitrogens with zero attached hydrogens (tertiary/aromatic N) is 4. The van der Waals surface area contributed by atoms with Crippen molar-refractivity contribution in [1.82, 2.24) is 19.2 Å². The monoisotopic (exact) mass is 485 g/mol. The van der Waals surface area contributed by atoms with Crippen LogP contribution in [0, 0.1) is 6.92 Å². The van der Waals surface area contributed by atoms with E-state index in [0.29, 0.717) is 33.3 Å². The van der Waals surface area contributed by atoms with Crippen LogP contribution >= 0.6 is 11.8 Å². The summed E-state index contributed by atoms with van der Waals surface area (Å²) in [4.78, 5) is 26.4. The van der Waals surface area contributed by atoms with Crippen LogP contribution in [0.15, 0.2) is 82.7 Å². The third-order valence-corrected chi connectivity index (χ3v) is 6.78. The number of aryl methyl sites for hydroxylation is 1. The van der Waals surface area contributed by atoms with E-state index in [1.165, 1.54) is 11.8 Å². The molecular formula is C26H23N5O3S. The number of ether oxygens (including phenoxy) is 1. The zero-order valence-corrected chi connectivity index (χ0v) is 20.2. The van der Waals surface area contributed by atoms with Crippen molar-refractivity contribution < 1.29 is 9.53 Å². The average molecular weight is 486 g/mol. The van der Waals surface area contributed by atoms with Crippen molar-refractivity contribution >= 4 is 40.0 Å². The summed E-state index contributed by atoms with van der Waals surface area (Å²) in [6.07, 6.45) is 0. The summed E-state index contributed by atoms with van der Waals surface area (Å²) in [6, 6.07) is 22.2. The minimum absolute atomic E-state index is 0.171. The van der Waals surface area contributed by atoms with Crippen LogP contribution < -0.4 is 15.6 Å². The van der Waals surface area contributed by atoms with Crippen LogP contribution in [0.3, 0.4) is 0 Å². The summed E-state index contributed by atoms with van der Waals surface area (Å²) < 4.78 is 8.65. The van der Waals surface area contributed by atoms with Crippen molar-refractivity contribution in [3.63, 3.8) is 0 Å². The molecule has 176 valence electrons. The van der Waals surface area contributed by atoms with E-state index >= 15 is 0 Å². The van der Waals surface area contributed by atoms with Gasteiger partial charge < -0.3 is 10.1 Å². The van der Waals surface area contributed by atoms with E-state index in [-0.39, 0.29) is 11.5 Å². The molecule has 0 spiro atoms. The standard InChI is InChI=1S/C26H23N5O3S/c1-16-9-4-6-13-21(16)30-24(33)20-12-5-7-14-22(20)31-25(30)28-29-26(31)35-17(2)23(32)27-18-10-8-11-19(15-18)34-3/h4-15,17H,1-3H3,(H,27,32). The molecule has 0 aliphatic rings. The lowest BCUT2D eigenvalue weighted by Crippen LogP contribution is -2.24. The highest BCUT2D eigenvalue weighted by atomic mass is 32.2. The molecule has 2 aromatic heterocycles. The fourth-order valence-electron chi connectivity index (χ4n) is 3.94. The van der Waals surface area contributed by atoms with Crippen molar-refractivity contribution in [2.24, 2.45) is 0 Å². The van der Waals surface area contributed by atoms with Gasteiger partial charge >= 0.3 is 0 Å². The number of methoxy groups -OCH3 is 1. The maximum Gasteiger partial charge on any atom is 0.267 e. The molecule has 0 saturated heterocycles. The van der Waals surface area contributed by atoms with Crippen LogP contribution in [0.1, 0.15) is 12.5 Å². The molecule has 0 saturated carbocycles. The summed E-state index contributed by atoms with van der Waals surface area (Å²) in [5, 5.41) is 12.2. The molecule has 1 N–H and O–H groups in total. The lowest BCUT2D eigenvalue weighted by atomic mass is 10.2. The Morgan fingerprint density at radius 1 is 1.03 bits per heavy atom. The van der Waals surface area contributed by atoms with Gasteiger partial charge in [0.1, 0.15) is 5.75 Å². The number of fused-ring (bicyclic) bond motifs is 3. The molecule has 0 fully saturated rings. The number of rotatable bonds is 6. The second-order valence-corrected chi connectivity index (χ2v) is 9.35. The third kappa shape index (κ3) is 4.15. The first kappa shape index (κ1) is 22.7. The number of thioether (sulfide) groups is 1. The van der Waals surface area contributed by atoms with Crippen molar-refractivity contribution in [2.75, 3.05) is 12.4 Å². The normalized spacial score (nSPS) is 12.1. The van der Waals surface area contributed by atoms with Gasteiger partial charge in [-0.2, -0.15) is 0 Å². The van der Waals surface area contributed by atoms with Crippen molar-refractivity contribution in [2.45, 2.75) is 24.3 Å². The van der Waals surface area contributed by atoms with Gasteiger partial charge in [-0.05, 0) is 49.7 Å². The Morgan fingerprint density at radius 3 is 2.60 bits per heavy atom.